The van der Waals surface area contributed by atoms with Gasteiger partial charge in [0, 0.05) is 24.4 Å². The number of nitrogens with one attached hydrogen (secondary N) is 2. The van der Waals surface area contributed by atoms with Crippen molar-refractivity contribution in [2.24, 2.45) is 0 Å². The van der Waals surface area contributed by atoms with Crippen molar-refractivity contribution < 1.29 is 14.3 Å². The van der Waals surface area contributed by atoms with Crippen molar-refractivity contribution in [3.05, 3.63) is 29.8 Å². The lowest BCUT2D eigenvalue weighted by atomic mass is 10.1. The number of anilines is 1. The number of benzene rings is 1. The first-order valence-electron chi connectivity index (χ1n) is 7.01. The van der Waals surface area contributed by atoms with Gasteiger partial charge in [-0.2, -0.15) is 0 Å². The number of carbonyl (C=O) groups excluding carboxylic acids is 2. The minimum absolute atomic E-state index is 0.125. The summed E-state index contributed by atoms with van der Waals surface area (Å²) in [5, 5.41) is 5.60. The second-order valence-corrected chi connectivity index (χ2v) is 4.83. The summed E-state index contributed by atoms with van der Waals surface area (Å²) < 4.78 is 5.33. The Morgan fingerprint density at radius 2 is 2.25 bits per heavy atom. The zero-order valence-electron chi connectivity index (χ0n) is 11.6. The number of hydrogen-bond acceptors (Lipinski definition) is 3. The van der Waals surface area contributed by atoms with Crippen LogP contribution in [0.5, 0.6) is 0 Å². The van der Waals surface area contributed by atoms with E-state index in [1.54, 1.807) is 24.3 Å². The summed E-state index contributed by atoms with van der Waals surface area (Å²) in [5.41, 5.74) is 1.17. The summed E-state index contributed by atoms with van der Waals surface area (Å²) >= 11 is 0. The Labute approximate surface area is 118 Å². The number of carbonyl (C=O) groups is 2. The van der Waals surface area contributed by atoms with Crippen molar-refractivity contribution in [1.82, 2.24) is 5.32 Å². The molecule has 1 aromatic rings. The topological polar surface area (TPSA) is 67.4 Å². The highest BCUT2D eigenvalue weighted by Crippen LogP contribution is 2.16. The predicted octanol–water partition coefficient (Wildman–Crippen LogP) is 1.94. The number of hydrogen-bond donors (Lipinski definition) is 2. The first kappa shape index (κ1) is 14.5. The maximum Gasteiger partial charge on any atom is 0.253 e. The Morgan fingerprint density at radius 3 is 2.95 bits per heavy atom. The fourth-order valence-corrected chi connectivity index (χ4v) is 2.09. The molecule has 20 heavy (non-hydrogen) atoms. The third-order valence-electron chi connectivity index (χ3n) is 3.15. The molecule has 0 aliphatic carbocycles. The molecule has 0 radical (unpaired) electrons. The Kier molecular flexibility index (Phi) is 5.12. The van der Waals surface area contributed by atoms with E-state index >= 15 is 0 Å². The van der Waals surface area contributed by atoms with Gasteiger partial charge >= 0.3 is 0 Å². The molecule has 108 valence electrons. The largest absolute Gasteiger partial charge is 0.368 e. The normalized spacial score (nSPS) is 17.8. The second-order valence-electron chi connectivity index (χ2n) is 4.83. The standard InChI is InChI=1S/C15H20N2O3/c1-2-8-16-14(18)11-5-3-6-12(10-11)17-15(19)13-7-4-9-20-13/h3,5-6,10,13H,2,4,7-9H2,1H3,(H,16,18)(H,17,19). The molecule has 0 spiro atoms. The first-order chi connectivity index (χ1) is 9.70. The zero-order valence-corrected chi connectivity index (χ0v) is 11.6. The maximum absolute atomic E-state index is 11.9. The maximum atomic E-state index is 11.9. The van der Waals surface area contributed by atoms with Gasteiger partial charge < -0.3 is 15.4 Å². The molecule has 2 amide bonds. The van der Waals surface area contributed by atoms with E-state index in [9.17, 15) is 9.59 Å². The van der Waals surface area contributed by atoms with Crippen LogP contribution < -0.4 is 10.6 Å². The van der Waals surface area contributed by atoms with Crippen LogP contribution in [0.15, 0.2) is 24.3 Å². The van der Waals surface area contributed by atoms with E-state index in [2.05, 4.69) is 10.6 Å². The Balaban J connectivity index is 1.98. The second kappa shape index (κ2) is 7.05. The number of ether oxygens (including phenoxy) is 1. The summed E-state index contributed by atoms with van der Waals surface area (Å²) in [7, 11) is 0. The lowest BCUT2D eigenvalue weighted by molar-refractivity contribution is -0.124. The molecule has 2 rings (SSSR count). The highest BCUT2D eigenvalue weighted by Gasteiger charge is 2.23. The van der Waals surface area contributed by atoms with Crippen LogP contribution in [-0.4, -0.2) is 31.1 Å². The molecular weight excluding hydrogens is 256 g/mol. The minimum atomic E-state index is -0.368. The van der Waals surface area contributed by atoms with E-state index in [0.29, 0.717) is 24.4 Å². The summed E-state index contributed by atoms with van der Waals surface area (Å²) in [6, 6.07) is 6.93. The summed E-state index contributed by atoms with van der Waals surface area (Å²) in [4.78, 5) is 23.8. The van der Waals surface area contributed by atoms with Gasteiger partial charge in [0.25, 0.3) is 11.8 Å². The molecule has 1 aromatic carbocycles. The van der Waals surface area contributed by atoms with E-state index < -0.39 is 0 Å². The molecule has 2 N–H and O–H groups in total. The quantitative estimate of drug-likeness (QED) is 0.863. The molecule has 5 nitrogen and oxygen atoms in total. The molecule has 1 atom stereocenters. The van der Waals surface area contributed by atoms with Gasteiger partial charge in [0.15, 0.2) is 0 Å². The number of rotatable bonds is 5. The average Bonchev–Trinajstić information content (AvgIpc) is 2.99. The SMILES string of the molecule is CCCNC(=O)c1cccc(NC(=O)C2CCCO2)c1. The fraction of sp³-hybridized carbons (Fsp3) is 0.467. The van der Waals surface area contributed by atoms with Gasteiger partial charge in [0.2, 0.25) is 0 Å². The van der Waals surface area contributed by atoms with Crippen LogP contribution in [0, 0.1) is 0 Å². The molecule has 0 saturated carbocycles. The van der Waals surface area contributed by atoms with Crippen LogP contribution in [-0.2, 0) is 9.53 Å². The van der Waals surface area contributed by atoms with Crippen LogP contribution >= 0.6 is 0 Å². The minimum Gasteiger partial charge on any atom is -0.368 e. The van der Waals surface area contributed by atoms with Gasteiger partial charge in [0.1, 0.15) is 6.10 Å². The molecule has 1 unspecified atom stereocenters. The molecule has 0 aromatic heterocycles. The van der Waals surface area contributed by atoms with E-state index in [1.165, 1.54) is 0 Å². The molecule has 0 bridgehead atoms. The van der Waals surface area contributed by atoms with Crippen molar-refractivity contribution >= 4 is 17.5 Å². The van der Waals surface area contributed by atoms with Crippen molar-refractivity contribution in [2.45, 2.75) is 32.3 Å². The van der Waals surface area contributed by atoms with Crippen LogP contribution in [0.25, 0.3) is 0 Å². The van der Waals surface area contributed by atoms with Crippen LogP contribution in [0.1, 0.15) is 36.5 Å². The summed E-state index contributed by atoms with van der Waals surface area (Å²) in [5.74, 6) is -0.270. The molecule has 1 fully saturated rings. The third kappa shape index (κ3) is 3.81. The van der Waals surface area contributed by atoms with E-state index in [0.717, 1.165) is 19.3 Å². The fourth-order valence-electron chi connectivity index (χ4n) is 2.09. The molecule has 5 heteroatoms. The van der Waals surface area contributed by atoms with E-state index in [4.69, 9.17) is 4.74 Å². The molecule has 1 aliphatic rings. The van der Waals surface area contributed by atoms with E-state index in [-0.39, 0.29) is 17.9 Å². The Bertz CT molecular complexity index is 482. The monoisotopic (exact) mass is 276 g/mol. The van der Waals surface area contributed by atoms with Gasteiger partial charge in [-0.3, -0.25) is 9.59 Å². The smallest absolute Gasteiger partial charge is 0.253 e. The van der Waals surface area contributed by atoms with Gasteiger partial charge in [0.05, 0.1) is 0 Å². The van der Waals surface area contributed by atoms with Gasteiger partial charge in [-0.25, -0.2) is 0 Å². The number of amides is 2. The Morgan fingerprint density at radius 1 is 1.40 bits per heavy atom. The average molecular weight is 276 g/mol. The molecule has 1 saturated heterocycles. The van der Waals surface area contributed by atoms with Crippen molar-refractivity contribution in [3.63, 3.8) is 0 Å². The highest BCUT2D eigenvalue weighted by atomic mass is 16.5. The van der Waals surface area contributed by atoms with Gasteiger partial charge in [-0.05, 0) is 37.5 Å². The predicted molar refractivity (Wildman–Crippen MR) is 76.7 cm³/mol. The first-order valence-corrected chi connectivity index (χ1v) is 7.01. The van der Waals surface area contributed by atoms with Crippen molar-refractivity contribution in [1.29, 1.82) is 0 Å². The molecular formula is C15H20N2O3. The van der Waals surface area contributed by atoms with Gasteiger partial charge in [-0.1, -0.05) is 13.0 Å². The van der Waals surface area contributed by atoms with Crippen LogP contribution in [0.2, 0.25) is 0 Å². The summed E-state index contributed by atoms with van der Waals surface area (Å²) in [6.07, 6.45) is 2.19. The molecule has 1 heterocycles. The van der Waals surface area contributed by atoms with Crippen molar-refractivity contribution in [2.75, 3.05) is 18.5 Å². The zero-order chi connectivity index (χ0) is 14.4. The van der Waals surface area contributed by atoms with Crippen LogP contribution in [0.4, 0.5) is 5.69 Å². The van der Waals surface area contributed by atoms with Gasteiger partial charge in [-0.15, -0.1) is 0 Å². The third-order valence-corrected chi connectivity index (χ3v) is 3.15. The molecule has 1 aliphatic heterocycles. The van der Waals surface area contributed by atoms with Crippen LogP contribution in [0.3, 0.4) is 0 Å². The van der Waals surface area contributed by atoms with E-state index in [1.807, 2.05) is 6.92 Å². The lowest BCUT2D eigenvalue weighted by Gasteiger charge is -2.11. The lowest BCUT2D eigenvalue weighted by Crippen LogP contribution is -2.27. The van der Waals surface area contributed by atoms with Crippen molar-refractivity contribution in [3.8, 4) is 0 Å². The highest BCUT2D eigenvalue weighted by molar-refractivity contribution is 5.98. The Hall–Kier alpha value is -1.88. The summed E-state index contributed by atoms with van der Waals surface area (Å²) in [6.45, 7) is 3.28.